The third-order valence-electron chi connectivity index (χ3n) is 3.99. The number of hydrogen-bond acceptors (Lipinski definition) is 5. The van der Waals surface area contributed by atoms with E-state index in [9.17, 15) is 4.79 Å². The van der Waals surface area contributed by atoms with Gasteiger partial charge in [-0.25, -0.2) is 14.8 Å². The number of carbonyl (C=O) groups is 1. The number of fused-ring (bicyclic) bond motifs is 1. The van der Waals surface area contributed by atoms with Crippen LogP contribution in [0.4, 0.5) is 10.7 Å². The van der Waals surface area contributed by atoms with Gasteiger partial charge in [0.1, 0.15) is 5.75 Å². The number of carbonyl (C=O) groups excluding carboxylic acids is 1. The zero-order chi connectivity index (χ0) is 18.8. The minimum absolute atomic E-state index is 0.146. The molecule has 2 amide bonds. The number of halogens is 2. The van der Waals surface area contributed by atoms with E-state index < -0.39 is 0 Å². The second kappa shape index (κ2) is 7.67. The maximum Gasteiger partial charge on any atom is 0.318 e. The van der Waals surface area contributed by atoms with Gasteiger partial charge in [0.05, 0.1) is 40.6 Å². The van der Waals surface area contributed by atoms with Crippen molar-refractivity contribution in [3.63, 3.8) is 0 Å². The van der Waals surface area contributed by atoms with Crippen molar-refractivity contribution in [2.24, 2.45) is 0 Å². The maximum atomic E-state index is 12.2. The molecule has 138 valence electrons. The van der Waals surface area contributed by atoms with Gasteiger partial charge >= 0.3 is 6.03 Å². The second-order valence-electron chi connectivity index (χ2n) is 5.74. The summed E-state index contributed by atoms with van der Waals surface area (Å²) < 4.78 is 6.40. The number of rotatable bonds is 4. The molecule has 26 heavy (non-hydrogen) atoms. The first-order chi connectivity index (χ1) is 12.4. The van der Waals surface area contributed by atoms with Crippen LogP contribution in [-0.4, -0.2) is 34.1 Å². The Morgan fingerprint density at radius 3 is 2.85 bits per heavy atom. The lowest BCUT2D eigenvalue weighted by atomic mass is 10.1. The first-order valence-corrected chi connectivity index (χ1v) is 9.41. The molecular weight excluding hydrogens is 422 g/mol. The van der Waals surface area contributed by atoms with Crippen molar-refractivity contribution in [2.45, 2.75) is 26.9 Å². The molecule has 2 aromatic rings. The molecule has 7 nitrogen and oxygen atoms in total. The molecular formula is C17H19BrClN5O2. The summed E-state index contributed by atoms with van der Waals surface area (Å²) in [7, 11) is 0. The van der Waals surface area contributed by atoms with E-state index in [0.29, 0.717) is 48.3 Å². The minimum atomic E-state index is -0.146. The van der Waals surface area contributed by atoms with Gasteiger partial charge in [0.15, 0.2) is 0 Å². The van der Waals surface area contributed by atoms with E-state index in [0.717, 1.165) is 15.7 Å². The van der Waals surface area contributed by atoms with Crippen LogP contribution in [0.25, 0.3) is 11.3 Å². The largest absolute Gasteiger partial charge is 0.493 e. The molecule has 0 radical (unpaired) electrons. The standard InChI is InChI=1S/C17H19BrClN5O2/c1-3-21-17(25)24-7-10-13(8-24)22-16(20)23-15(10)9-5-14(26-4-2)11(18)6-12(9)19/h5-6H,3-4,7-8H2,1-2H3,(H,21,25)(H2,20,22,23). The van der Waals surface area contributed by atoms with E-state index in [1.807, 2.05) is 19.9 Å². The summed E-state index contributed by atoms with van der Waals surface area (Å²) in [5.41, 5.74) is 8.80. The Hall–Kier alpha value is -2.06. The van der Waals surface area contributed by atoms with Gasteiger partial charge in [-0.3, -0.25) is 0 Å². The lowest BCUT2D eigenvalue weighted by Crippen LogP contribution is -2.36. The van der Waals surface area contributed by atoms with E-state index in [-0.39, 0.29) is 12.0 Å². The van der Waals surface area contributed by atoms with Gasteiger partial charge in [-0.2, -0.15) is 0 Å². The SMILES string of the molecule is CCNC(=O)N1Cc2nc(N)nc(-c3cc(OCC)c(Br)cc3Cl)c2C1. The van der Waals surface area contributed by atoms with Gasteiger partial charge in [-0.15, -0.1) is 0 Å². The molecule has 0 saturated heterocycles. The predicted octanol–water partition coefficient (Wildman–Crippen LogP) is 3.59. The number of ether oxygens (including phenoxy) is 1. The molecule has 0 spiro atoms. The molecule has 0 unspecified atom stereocenters. The van der Waals surface area contributed by atoms with Crippen LogP contribution < -0.4 is 15.8 Å². The minimum Gasteiger partial charge on any atom is -0.493 e. The number of benzene rings is 1. The van der Waals surface area contributed by atoms with Crippen molar-refractivity contribution in [3.8, 4) is 17.0 Å². The highest BCUT2D eigenvalue weighted by Crippen LogP contribution is 2.39. The summed E-state index contributed by atoms with van der Waals surface area (Å²) in [5, 5.41) is 3.31. The van der Waals surface area contributed by atoms with E-state index in [2.05, 4.69) is 31.2 Å². The summed E-state index contributed by atoms with van der Waals surface area (Å²) in [5.74, 6) is 0.810. The summed E-state index contributed by atoms with van der Waals surface area (Å²) in [6, 6.07) is 3.45. The maximum absolute atomic E-state index is 12.2. The molecule has 1 aromatic carbocycles. The van der Waals surface area contributed by atoms with E-state index in [1.54, 1.807) is 11.0 Å². The predicted molar refractivity (Wildman–Crippen MR) is 104 cm³/mol. The summed E-state index contributed by atoms with van der Waals surface area (Å²) in [4.78, 5) is 22.5. The lowest BCUT2D eigenvalue weighted by Gasteiger charge is -2.15. The second-order valence-corrected chi connectivity index (χ2v) is 7.00. The van der Waals surface area contributed by atoms with Crippen LogP contribution in [0.1, 0.15) is 25.1 Å². The zero-order valence-corrected chi connectivity index (χ0v) is 16.8. The normalized spacial score (nSPS) is 12.8. The zero-order valence-electron chi connectivity index (χ0n) is 14.5. The highest BCUT2D eigenvalue weighted by molar-refractivity contribution is 9.10. The number of nitrogens with two attached hydrogens (primary N) is 1. The fourth-order valence-corrected chi connectivity index (χ4v) is 3.72. The van der Waals surface area contributed by atoms with Crippen molar-refractivity contribution < 1.29 is 9.53 Å². The summed E-state index contributed by atoms with van der Waals surface area (Å²) in [6.07, 6.45) is 0. The first kappa shape index (κ1) is 18.7. The van der Waals surface area contributed by atoms with Crippen molar-refractivity contribution in [1.82, 2.24) is 20.2 Å². The van der Waals surface area contributed by atoms with Crippen molar-refractivity contribution in [1.29, 1.82) is 0 Å². The Morgan fingerprint density at radius 2 is 2.15 bits per heavy atom. The van der Waals surface area contributed by atoms with Crippen LogP contribution >= 0.6 is 27.5 Å². The molecule has 0 fully saturated rings. The summed E-state index contributed by atoms with van der Waals surface area (Å²) in [6.45, 7) is 5.64. The number of nitrogens with one attached hydrogen (secondary N) is 1. The Kier molecular flexibility index (Phi) is 5.52. The van der Waals surface area contributed by atoms with E-state index in [4.69, 9.17) is 22.1 Å². The van der Waals surface area contributed by atoms with E-state index in [1.165, 1.54) is 0 Å². The average Bonchev–Trinajstić information content (AvgIpc) is 3.01. The Bertz CT molecular complexity index is 862. The molecule has 3 rings (SSSR count). The van der Waals surface area contributed by atoms with Crippen LogP contribution in [0.3, 0.4) is 0 Å². The Labute approximate surface area is 165 Å². The molecule has 0 saturated carbocycles. The fourth-order valence-electron chi connectivity index (χ4n) is 2.88. The van der Waals surface area contributed by atoms with Crippen LogP contribution in [-0.2, 0) is 13.1 Å². The number of nitrogen functional groups attached to an aromatic ring is 1. The van der Waals surface area contributed by atoms with Gasteiger partial charge in [0.25, 0.3) is 0 Å². The highest BCUT2D eigenvalue weighted by Gasteiger charge is 2.29. The number of urea groups is 1. The lowest BCUT2D eigenvalue weighted by molar-refractivity contribution is 0.199. The molecule has 1 aliphatic rings. The number of hydrogen-bond donors (Lipinski definition) is 2. The van der Waals surface area contributed by atoms with Crippen LogP contribution in [0.15, 0.2) is 16.6 Å². The molecule has 2 heterocycles. The topological polar surface area (TPSA) is 93.4 Å². The number of nitrogens with zero attached hydrogens (tertiary/aromatic N) is 3. The van der Waals surface area contributed by atoms with Gasteiger partial charge in [0.2, 0.25) is 5.95 Å². The van der Waals surface area contributed by atoms with Gasteiger partial charge in [0, 0.05) is 17.7 Å². The van der Waals surface area contributed by atoms with E-state index >= 15 is 0 Å². The highest BCUT2D eigenvalue weighted by atomic mass is 79.9. The molecule has 0 atom stereocenters. The Morgan fingerprint density at radius 1 is 1.38 bits per heavy atom. The fraction of sp³-hybridized carbons (Fsp3) is 0.353. The monoisotopic (exact) mass is 439 g/mol. The van der Waals surface area contributed by atoms with Gasteiger partial charge < -0.3 is 20.7 Å². The van der Waals surface area contributed by atoms with Crippen molar-refractivity contribution in [3.05, 3.63) is 32.9 Å². The van der Waals surface area contributed by atoms with Gasteiger partial charge in [-0.1, -0.05) is 11.6 Å². The van der Waals surface area contributed by atoms with Crippen molar-refractivity contribution in [2.75, 3.05) is 18.9 Å². The molecule has 1 aromatic heterocycles. The van der Waals surface area contributed by atoms with Crippen LogP contribution in [0, 0.1) is 0 Å². The number of aromatic nitrogens is 2. The molecule has 3 N–H and O–H groups in total. The first-order valence-electron chi connectivity index (χ1n) is 8.24. The number of amides is 2. The molecule has 9 heteroatoms. The Balaban J connectivity index is 2.06. The third-order valence-corrected chi connectivity index (χ3v) is 4.92. The van der Waals surface area contributed by atoms with Gasteiger partial charge in [-0.05, 0) is 41.9 Å². The summed E-state index contributed by atoms with van der Waals surface area (Å²) >= 11 is 9.91. The molecule has 0 bridgehead atoms. The molecule has 1 aliphatic heterocycles. The average molecular weight is 441 g/mol. The quantitative estimate of drug-likeness (QED) is 0.758. The molecule has 0 aliphatic carbocycles. The smallest absolute Gasteiger partial charge is 0.318 e. The third kappa shape index (κ3) is 3.57. The van der Waals surface area contributed by atoms with Crippen LogP contribution in [0.5, 0.6) is 5.75 Å². The van der Waals surface area contributed by atoms with Crippen molar-refractivity contribution >= 4 is 39.5 Å². The number of anilines is 1. The van der Waals surface area contributed by atoms with Crippen LogP contribution in [0.2, 0.25) is 5.02 Å².